The van der Waals surface area contributed by atoms with E-state index in [0.29, 0.717) is 28.6 Å². The Morgan fingerprint density at radius 2 is 2.14 bits per heavy atom. The van der Waals surface area contributed by atoms with Crippen LogP contribution in [0.15, 0.2) is 12.3 Å². The van der Waals surface area contributed by atoms with Crippen molar-refractivity contribution in [2.24, 2.45) is 11.8 Å². The zero-order chi connectivity index (χ0) is 15.6. The summed E-state index contributed by atoms with van der Waals surface area (Å²) in [6.45, 7) is 0. The molecular formula is C13H19Cl2N3O2S. The fraction of sp³-hybridized carbons (Fsp3) is 0.615. The predicted molar refractivity (Wildman–Crippen MR) is 84.9 cm³/mol. The van der Waals surface area contributed by atoms with E-state index in [0.717, 1.165) is 12.8 Å². The lowest BCUT2D eigenvalue weighted by Gasteiger charge is -2.33. The Morgan fingerprint density at radius 1 is 1.43 bits per heavy atom. The first-order valence-corrected chi connectivity index (χ1v) is 9.50. The Hall–Kier alpha value is -0.400. The quantitative estimate of drug-likeness (QED) is 0.642. The van der Waals surface area contributed by atoms with Crippen LogP contribution < -0.4 is 11.3 Å². The van der Waals surface area contributed by atoms with E-state index < -0.39 is 9.84 Å². The summed E-state index contributed by atoms with van der Waals surface area (Å²) in [4.78, 5) is 4.26. The van der Waals surface area contributed by atoms with Gasteiger partial charge in [-0.3, -0.25) is 16.3 Å². The van der Waals surface area contributed by atoms with Gasteiger partial charge in [0.15, 0.2) is 0 Å². The van der Waals surface area contributed by atoms with Crippen LogP contribution in [0.1, 0.15) is 37.4 Å². The molecule has 0 radical (unpaired) electrons. The van der Waals surface area contributed by atoms with Crippen molar-refractivity contribution in [2.75, 3.05) is 6.26 Å². The first-order chi connectivity index (χ1) is 9.82. The van der Waals surface area contributed by atoms with Crippen molar-refractivity contribution in [1.29, 1.82) is 0 Å². The highest BCUT2D eigenvalue weighted by molar-refractivity contribution is 7.91. The molecule has 1 aliphatic rings. The number of aromatic nitrogens is 1. The van der Waals surface area contributed by atoms with Crippen LogP contribution >= 0.6 is 23.2 Å². The third-order valence-corrected chi connectivity index (χ3v) is 6.20. The van der Waals surface area contributed by atoms with Crippen molar-refractivity contribution < 1.29 is 8.42 Å². The molecule has 8 heteroatoms. The van der Waals surface area contributed by atoms with Crippen molar-refractivity contribution in [3.8, 4) is 0 Å². The lowest BCUT2D eigenvalue weighted by molar-refractivity contribution is 0.271. The second-order valence-electron chi connectivity index (χ2n) is 5.54. The van der Waals surface area contributed by atoms with Crippen LogP contribution in [0.5, 0.6) is 0 Å². The third-order valence-electron chi connectivity index (χ3n) is 4.05. The van der Waals surface area contributed by atoms with Gasteiger partial charge in [0.2, 0.25) is 0 Å². The van der Waals surface area contributed by atoms with Gasteiger partial charge < -0.3 is 0 Å². The van der Waals surface area contributed by atoms with Gasteiger partial charge in [-0.1, -0.05) is 29.6 Å². The number of halogens is 2. The van der Waals surface area contributed by atoms with Gasteiger partial charge in [0, 0.05) is 12.5 Å². The first-order valence-electron chi connectivity index (χ1n) is 6.79. The molecule has 1 aliphatic carbocycles. The number of nitrogens with one attached hydrogen (secondary N) is 1. The van der Waals surface area contributed by atoms with E-state index >= 15 is 0 Å². The summed E-state index contributed by atoms with van der Waals surface area (Å²) in [5.74, 6) is 5.74. The van der Waals surface area contributed by atoms with Gasteiger partial charge in [0.25, 0.3) is 0 Å². The summed E-state index contributed by atoms with van der Waals surface area (Å²) in [5, 5.41) is 0.572. The highest BCUT2D eigenvalue weighted by atomic mass is 35.5. The average molecular weight is 352 g/mol. The van der Waals surface area contributed by atoms with Gasteiger partial charge in [-0.15, -0.1) is 0 Å². The van der Waals surface area contributed by atoms with Crippen LogP contribution in [-0.4, -0.2) is 24.9 Å². The van der Waals surface area contributed by atoms with E-state index in [9.17, 15) is 8.42 Å². The van der Waals surface area contributed by atoms with Crippen LogP contribution in [0.25, 0.3) is 0 Å². The zero-order valence-electron chi connectivity index (χ0n) is 11.7. The average Bonchev–Trinajstić information content (AvgIpc) is 2.41. The van der Waals surface area contributed by atoms with Crippen LogP contribution in [0.4, 0.5) is 0 Å². The van der Waals surface area contributed by atoms with Gasteiger partial charge >= 0.3 is 0 Å². The topological polar surface area (TPSA) is 85.1 Å². The second-order valence-corrected chi connectivity index (χ2v) is 8.71. The summed E-state index contributed by atoms with van der Waals surface area (Å²) < 4.78 is 23.6. The molecule has 1 heterocycles. The molecule has 1 saturated carbocycles. The molecule has 0 spiro atoms. The molecule has 3 atom stereocenters. The Labute approximate surface area is 135 Å². The van der Waals surface area contributed by atoms with Crippen molar-refractivity contribution in [1.82, 2.24) is 10.4 Å². The van der Waals surface area contributed by atoms with Crippen LogP contribution in [-0.2, 0) is 9.84 Å². The zero-order valence-corrected chi connectivity index (χ0v) is 14.0. The van der Waals surface area contributed by atoms with Crippen molar-refractivity contribution in [3.05, 3.63) is 28.0 Å². The Bertz CT molecular complexity index is 609. The maximum atomic E-state index is 11.8. The molecule has 1 fully saturated rings. The molecule has 2 rings (SSSR count). The molecule has 1 aromatic heterocycles. The van der Waals surface area contributed by atoms with Crippen LogP contribution in [0.2, 0.25) is 10.0 Å². The fourth-order valence-electron chi connectivity index (χ4n) is 2.96. The maximum absolute atomic E-state index is 11.8. The SMILES string of the molecule is CS(=O)(=O)C1CCCC(C(NN)c2ncc(Cl)cc2Cl)C1. The van der Waals surface area contributed by atoms with Gasteiger partial charge in [-0.2, -0.15) is 0 Å². The number of nitrogens with two attached hydrogens (primary N) is 1. The number of pyridine rings is 1. The van der Waals surface area contributed by atoms with E-state index in [2.05, 4.69) is 10.4 Å². The number of rotatable bonds is 4. The Morgan fingerprint density at radius 3 is 2.71 bits per heavy atom. The highest BCUT2D eigenvalue weighted by Gasteiger charge is 2.34. The summed E-state index contributed by atoms with van der Waals surface area (Å²) in [6.07, 6.45) is 5.82. The molecule has 3 unspecified atom stereocenters. The third kappa shape index (κ3) is 4.07. The van der Waals surface area contributed by atoms with E-state index in [1.165, 1.54) is 12.5 Å². The van der Waals surface area contributed by atoms with Crippen LogP contribution in [0, 0.1) is 5.92 Å². The van der Waals surface area contributed by atoms with Crippen molar-refractivity contribution in [3.63, 3.8) is 0 Å². The van der Waals surface area contributed by atoms with Crippen LogP contribution in [0.3, 0.4) is 0 Å². The lowest BCUT2D eigenvalue weighted by Crippen LogP contribution is -2.39. The minimum Gasteiger partial charge on any atom is -0.271 e. The molecule has 21 heavy (non-hydrogen) atoms. The number of hydrogen-bond acceptors (Lipinski definition) is 5. The number of hydrazine groups is 1. The normalized spacial score (nSPS) is 24.8. The highest BCUT2D eigenvalue weighted by Crippen LogP contribution is 2.38. The molecule has 3 N–H and O–H groups in total. The van der Waals surface area contributed by atoms with E-state index in [4.69, 9.17) is 29.0 Å². The molecular weight excluding hydrogens is 333 g/mol. The summed E-state index contributed by atoms with van der Waals surface area (Å²) in [6, 6.07) is 1.34. The second kappa shape index (κ2) is 6.79. The van der Waals surface area contributed by atoms with Gasteiger partial charge in [-0.05, 0) is 31.2 Å². The predicted octanol–water partition coefficient (Wildman–Crippen LogP) is 2.50. The number of nitrogens with zero attached hydrogens (tertiary/aromatic N) is 1. The van der Waals surface area contributed by atoms with E-state index in [-0.39, 0.29) is 17.2 Å². The molecule has 0 aliphatic heterocycles. The molecule has 0 saturated heterocycles. The minimum absolute atomic E-state index is 0.0784. The lowest BCUT2D eigenvalue weighted by atomic mass is 9.82. The first kappa shape index (κ1) is 17.0. The molecule has 5 nitrogen and oxygen atoms in total. The van der Waals surface area contributed by atoms with E-state index in [1.54, 1.807) is 6.07 Å². The Balaban J connectivity index is 2.24. The summed E-state index contributed by atoms with van der Waals surface area (Å²) in [7, 11) is -3.04. The molecule has 1 aromatic rings. The number of hydrogen-bond donors (Lipinski definition) is 2. The summed E-state index contributed by atoms with van der Waals surface area (Å²) in [5.41, 5.74) is 3.35. The minimum atomic E-state index is -3.04. The number of sulfone groups is 1. The molecule has 118 valence electrons. The summed E-state index contributed by atoms with van der Waals surface area (Å²) >= 11 is 12.0. The van der Waals surface area contributed by atoms with Gasteiger partial charge in [0.1, 0.15) is 9.84 Å². The molecule has 0 aromatic carbocycles. The van der Waals surface area contributed by atoms with Gasteiger partial charge in [0.05, 0.1) is 27.0 Å². The van der Waals surface area contributed by atoms with Crippen molar-refractivity contribution in [2.45, 2.75) is 37.0 Å². The van der Waals surface area contributed by atoms with Gasteiger partial charge in [-0.25, -0.2) is 8.42 Å². The standard InChI is InChI=1S/C13H19Cl2N3O2S/c1-21(19,20)10-4-2-3-8(5-10)12(18-16)13-11(15)6-9(14)7-17-13/h6-8,10,12,18H,2-5,16H2,1H3. The molecule has 0 amide bonds. The smallest absolute Gasteiger partial charge is 0.150 e. The molecule has 0 bridgehead atoms. The van der Waals surface area contributed by atoms with E-state index in [1.807, 2.05) is 0 Å². The fourth-order valence-corrected chi connectivity index (χ4v) is 4.65. The van der Waals surface area contributed by atoms with Crippen molar-refractivity contribution >= 4 is 33.0 Å². The maximum Gasteiger partial charge on any atom is 0.150 e. The Kier molecular flexibility index (Phi) is 5.48. The largest absolute Gasteiger partial charge is 0.271 e. The monoisotopic (exact) mass is 351 g/mol.